The Labute approximate surface area is 199 Å². The molecule has 0 spiro atoms. The summed E-state index contributed by atoms with van der Waals surface area (Å²) in [4.78, 5) is 29.5. The van der Waals surface area contributed by atoms with Gasteiger partial charge in [-0.1, -0.05) is 37.8 Å². The second-order valence-electron chi connectivity index (χ2n) is 9.45. The molecule has 1 heterocycles. The van der Waals surface area contributed by atoms with Gasteiger partial charge >= 0.3 is 0 Å². The van der Waals surface area contributed by atoms with Crippen molar-refractivity contribution in [3.05, 3.63) is 59.4 Å². The summed E-state index contributed by atoms with van der Waals surface area (Å²) in [7, 11) is 0. The molecule has 2 aromatic carbocycles. The largest absolute Gasteiger partial charge is 0.486 e. The lowest BCUT2D eigenvalue weighted by atomic mass is 9.99. The summed E-state index contributed by atoms with van der Waals surface area (Å²) < 4.78 is 25.1. The van der Waals surface area contributed by atoms with Crippen molar-refractivity contribution in [3.63, 3.8) is 0 Å². The number of ether oxygens (including phenoxy) is 2. The molecule has 180 valence electrons. The minimum Gasteiger partial charge on any atom is -0.486 e. The molecule has 2 aromatic rings. The Kier molecular flexibility index (Phi) is 6.70. The molecule has 2 fully saturated rings. The fourth-order valence-corrected chi connectivity index (χ4v) is 5.44. The van der Waals surface area contributed by atoms with E-state index in [0.717, 1.165) is 51.4 Å². The van der Waals surface area contributed by atoms with Crippen molar-refractivity contribution in [2.24, 2.45) is 0 Å². The molecule has 2 saturated carbocycles. The summed E-state index contributed by atoms with van der Waals surface area (Å²) in [5.74, 6) is 0.363. The van der Waals surface area contributed by atoms with Crippen LogP contribution < -0.4 is 14.8 Å². The molecule has 7 heteroatoms. The molecule has 1 N–H and O–H groups in total. The van der Waals surface area contributed by atoms with Crippen molar-refractivity contribution >= 4 is 11.8 Å². The van der Waals surface area contributed by atoms with Crippen molar-refractivity contribution in [3.8, 4) is 11.5 Å². The highest BCUT2D eigenvalue weighted by atomic mass is 19.1. The van der Waals surface area contributed by atoms with Gasteiger partial charge in [0.1, 0.15) is 25.1 Å². The number of hydrogen-bond donors (Lipinski definition) is 1. The van der Waals surface area contributed by atoms with Crippen LogP contribution in [0, 0.1) is 5.82 Å². The second kappa shape index (κ2) is 10.0. The number of carbonyl (C=O) groups excluding carboxylic acids is 2. The molecule has 0 bridgehead atoms. The average molecular weight is 467 g/mol. The van der Waals surface area contributed by atoms with Gasteiger partial charge in [0, 0.05) is 17.6 Å². The Balaban J connectivity index is 1.52. The van der Waals surface area contributed by atoms with Gasteiger partial charge in [0.05, 0.1) is 0 Å². The van der Waals surface area contributed by atoms with Gasteiger partial charge in [-0.15, -0.1) is 0 Å². The number of halogens is 1. The van der Waals surface area contributed by atoms with Gasteiger partial charge in [0.15, 0.2) is 11.5 Å². The third-order valence-electron chi connectivity index (χ3n) is 7.16. The van der Waals surface area contributed by atoms with Crippen LogP contribution in [0.2, 0.25) is 0 Å². The first-order valence-electron chi connectivity index (χ1n) is 12.4. The zero-order chi connectivity index (χ0) is 23.5. The summed E-state index contributed by atoms with van der Waals surface area (Å²) in [6, 6.07) is 10.4. The van der Waals surface area contributed by atoms with E-state index in [9.17, 15) is 14.0 Å². The highest BCUT2D eigenvalue weighted by Crippen LogP contribution is 2.36. The normalized spacial score (nSPS) is 19.1. The Morgan fingerprint density at radius 3 is 2.24 bits per heavy atom. The van der Waals surface area contributed by atoms with Crippen LogP contribution in [0.1, 0.15) is 73.3 Å². The summed E-state index contributed by atoms with van der Waals surface area (Å²) >= 11 is 0. The van der Waals surface area contributed by atoms with Crippen LogP contribution >= 0.6 is 0 Å². The standard InChI is InChI=1S/C27H31FN2O4/c28-20-12-9-18(10-13-20)25(26(31)29-21-5-1-2-6-21)30(22-7-3-4-8-22)27(32)19-11-14-23-24(17-19)34-16-15-33-23/h9-14,17,21-22,25H,1-8,15-16H2,(H,29,31)/t25-/m1/s1. The third-order valence-corrected chi connectivity index (χ3v) is 7.16. The maximum absolute atomic E-state index is 14.0. The fraction of sp³-hybridized carbons (Fsp3) is 0.481. The lowest BCUT2D eigenvalue weighted by Gasteiger charge is -2.37. The highest BCUT2D eigenvalue weighted by Gasteiger charge is 2.39. The first-order chi connectivity index (χ1) is 16.6. The summed E-state index contributed by atoms with van der Waals surface area (Å²) in [6.07, 6.45) is 7.77. The summed E-state index contributed by atoms with van der Waals surface area (Å²) in [5.41, 5.74) is 1.08. The van der Waals surface area contributed by atoms with Gasteiger partial charge in [-0.25, -0.2) is 4.39 Å². The van der Waals surface area contributed by atoms with E-state index >= 15 is 0 Å². The van der Waals surface area contributed by atoms with Crippen molar-refractivity contribution in [1.82, 2.24) is 10.2 Å². The number of nitrogens with one attached hydrogen (secondary N) is 1. The van der Waals surface area contributed by atoms with Crippen LogP contribution in [-0.4, -0.2) is 42.0 Å². The predicted molar refractivity (Wildman–Crippen MR) is 125 cm³/mol. The average Bonchev–Trinajstić information content (AvgIpc) is 3.57. The van der Waals surface area contributed by atoms with Gasteiger partial charge in [-0.3, -0.25) is 9.59 Å². The molecule has 1 atom stereocenters. The SMILES string of the molecule is O=C(NC1CCCC1)[C@@H](c1ccc(F)cc1)N(C(=O)c1ccc2c(c1)OCCO2)C1CCCC1. The number of rotatable bonds is 6. The maximum atomic E-state index is 14.0. The zero-order valence-corrected chi connectivity index (χ0v) is 19.3. The Bertz CT molecular complexity index is 1030. The van der Waals surface area contributed by atoms with Crippen molar-refractivity contribution in [2.45, 2.75) is 69.5 Å². The van der Waals surface area contributed by atoms with Gasteiger partial charge < -0.3 is 19.7 Å². The van der Waals surface area contributed by atoms with Crippen molar-refractivity contribution in [1.29, 1.82) is 0 Å². The monoisotopic (exact) mass is 466 g/mol. The molecule has 1 aliphatic heterocycles. The van der Waals surface area contributed by atoms with E-state index in [-0.39, 0.29) is 29.7 Å². The van der Waals surface area contributed by atoms with Crippen molar-refractivity contribution in [2.75, 3.05) is 13.2 Å². The molecule has 0 aromatic heterocycles. The zero-order valence-electron chi connectivity index (χ0n) is 19.3. The first kappa shape index (κ1) is 22.7. The van der Waals surface area contributed by atoms with Crippen LogP contribution in [0.25, 0.3) is 0 Å². The minimum absolute atomic E-state index is 0.0647. The van der Waals surface area contributed by atoms with E-state index in [1.807, 2.05) is 0 Å². The number of fused-ring (bicyclic) bond motifs is 1. The quantitative estimate of drug-likeness (QED) is 0.665. The fourth-order valence-electron chi connectivity index (χ4n) is 5.44. The maximum Gasteiger partial charge on any atom is 0.255 e. The number of hydrogen-bond acceptors (Lipinski definition) is 4. The van der Waals surface area contributed by atoms with Crippen molar-refractivity contribution < 1.29 is 23.5 Å². The molecule has 3 aliphatic rings. The van der Waals surface area contributed by atoms with Gasteiger partial charge in [0.25, 0.3) is 5.91 Å². The van der Waals surface area contributed by atoms with Gasteiger partial charge in [-0.2, -0.15) is 0 Å². The molecule has 0 radical (unpaired) electrons. The van der Waals surface area contributed by atoms with Gasteiger partial charge in [-0.05, 0) is 61.6 Å². The van der Waals surface area contributed by atoms with Crippen LogP contribution in [0.5, 0.6) is 11.5 Å². The Hall–Kier alpha value is -3.09. The minimum atomic E-state index is -0.829. The van der Waals surface area contributed by atoms with Crippen LogP contribution in [0.4, 0.5) is 4.39 Å². The molecule has 5 rings (SSSR count). The molecule has 2 aliphatic carbocycles. The molecule has 0 unspecified atom stereocenters. The van der Waals surface area contributed by atoms with E-state index in [4.69, 9.17) is 9.47 Å². The highest BCUT2D eigenvalue weighted by molar-refractivity contribution is 5.98. The topological polar surface area (TPSA) is 67.9 Å². The Morgan fingerprint density at radius 1 is 0.882 bits per heavy atom. The van der Waals surface area contributed by atoms with Gasteiger partial charge in [0.2, 0.25) is 5.91 Å². The second-order valence-corrected chi connectivity index (χ2v) is 9.45. The van der Waals surface area contributed by atoms with Crippen LogP contribution in [0.3, 0.4) is 0 Å². The summed E-state index contributed by atoms with van der Waals surface area (Å²) in [5, 5.41) is 3.18. The lowest BCUT2D eigenvalue weighted by Crippen LogP contribution is -2.49. The molecular weight excluding hydrogens is 435 g/mol. The smallest absolute Gasteiger partial charge is 0.255 e. The summed E-state index contributed by atoms with van der Waals surface area (Å²) in [6.45, 7) is 0.904. The number of carbonyl (C=O) groups is 2. The molecule has 34 heavy (non-hydrogen) atoms. The van der Waals surface area contributed by atoms with Crippen LogP contribution in [-0.2, 0) is 4.79 Å². The molecule has 6 nitrogen and oxygen atoms in total. The van der Waals surface area contributed by atoms with E-state index in [1.54, 1.807) is 35.2 Å². The molecule has 0 saturated heterocycles. The molecule has 2 amide bonds. The molecular formula is C27H31FN2O4. The lowest BCUT2D eigenvalue weighted by molar-refractivity contribution is -0.127. The van der Waals surface area contributed by atoms with E-state index in [0.29, 0.717) is 35.8 Å². The predicted octanol–water partition coefficient (Wildman–Crippen LogP) is 4.78. The van der Waals surface area contributed by atoms with E-state index < -0.39 is 6.04 Å². The number of nitrogens with zero attached hydrogens (tertiary/aromatic N) is 1. The number of benzene rings is 2. The third kappa shape index (κ3) is 4.74. The van der Waals surface area contributed by atoms with Crippen LogP contribution in [0.15, 0.2) is 42.5 Å². The number of amides is 2. The van der Waals surface area contributed by atoms with E-state index in [1.165, 1.54) is 12.1 Å². The Morgan fingerprint density at radius 2 is 1.53 bits per heavy atom. The first-order valence-corrected chi connectivity index (χ1v) is 12.4. The van der Waals surface area contributed by atoms with E-state index in [2.05, 4.69) is 5.32 Å².